The zero-order chi connectivity index (χ0) is 24.0. The molecule has 1 saturated heterocycles. The predicted molar refractivity (Wildman–Crippen MR) is 139 cm³/mol. The smallest absolute Gasteiger partial charge is 0.243 e. The Morgan fingerprint density at radius 3 is 2.46 bits per heavy atom. The Balaban J connectivity index is 1.21. The molecule has 4 aromatic rings. The van der Waals surface area contributed by atoms with Gasteiger partial charge in [0.25, 0.3) is 0 Å². The van der Waals surface area contributed by atoms with Crippen LogP contribution < -0.4 is 10.2 Å². The second-order valence-corrected chi connectivity index (χ2v) is 11.0. The summed E-state index contributed by atoms with van der Waals surface area (Å²) in [6, 6.07) is 21.8. The van der Waals surface area contributed by atoms with Gasteiger partial charge in [-0.2, -0.15) is 9.29 Å². The molecule has 2 aliphatic rings. The van der Waals surface area contributed by atoms with Crippen LogP contribution in [0.5, 0.6) is 0 Å². The van der Waals surface area contributed by atoms with Crippen LogP contribution in [-0.2, 0) is 22.9 Å². The quantitative estimate of drug-likeness (QED) is 0.454. The van der Waals surface area contributed by atoms with Crippen LogP contribution in [0.3, 0.4) is 0 Å². The van der Waals surface area contributed by atoms with E-state index in [1.807, 2.05) is 55.5 Å². The van der Waals surface area contributed by atoms with Crippen molar-refractivity contribution in [3.63, 3.8) is 0 Å². The zero-order valence-corrected chi connectivity index (χ0v) is 20.4. The number of hydrogen-bond donors (Lipinski definition) is 1. The number of nitrogens with one attached hydrogen (secondary N) is 1. The topological polar surface area (TPSA) is 78.4 Å². The number of benzene rings is 3. The lowest BCUT2D eigenvalue weighted by Crippen LogP contribution is -2.49. The average molecular weight is 486 g/mol. The van der Waals surface area contributed by atoms with Crippen LogP contribution in [0.15, 0.2) is 71.6 Å². The number of aromatic nitrogens is 2. The second-order valence-electron chi connectivity index (χ2n) is 9.13. The zero-order valence-electron chi connectivity index (χ0n) is 19.6. The molecule has 1 aliphatic heterocycles. The van der Waals surface area contributed by atoms with Gasteiger partial charge in [0.05, 0.1) is 4.90 Å². The number of anilines is 3. The monoisotopic (exact) mass is 485 g/mol. The lowest BCUT2D eigenvalue weighted by molar-refractivity contribution is 0.382. The Hall–Kier alpha value is -3.49. The molecule has 1 fully saturated rings. The van der Waals surface area contributed by atoms with Gasteiger partial charge in [0.15, 0.2) is 0 Å². The highest BCUT2D eigenvalue weighted by Crippen LogP contribution is 2.36. The summed E-state index contributed by atoms with van der Waals surface area (Å²) in [7, 11) is -3.57. The molecule has 1 N–H and O–H groups in total. The Morgan fingerprint density at radius 2 is 1.66 bits per heavy atom. The van der Waals surface area contributed by atoms with Crippen LogP contribution in [0.4, 0.5) is 17.5 Å². The molecule has 0 spiro atoms. The van der Waals surface area contributed by atoms with Gasteiger partial charge in [-0.3, -0.25) is 0 Å². The first-order valence-electron chi connectivity index (χ1n) is 12.0. The molecule has 0 amide bonds. The highest BCUT2D eigenvalue weighted by molar-refractivity contribution is 7.89. The van der Waals surface area contributed by atoms with Crippen molar-refractivity contribution in [1.29, 1.82) is 0 Å². The largest absolute Gasteiger partial charge is 0.340 e. The summed E-state index contributed by atoms with van der Waals surface area (Å²) >= 11 is 0. The van der Waals surface area contributed by atoms with Crippen molar-refractivity contribution >= 4 is 38.2 Å². The molecule has 2 heterocycles. The molecule has 3 aromatic carbocycles. The van der Waals surface area contributed by atoms with Crippen molar-refractivity contribution in [3.05, 3.63) is 83.6 Å². The lowest BCUT2D eigenvalue weighted by Gasteiger charge is -2.34. The molecule has 0 radical (unpaired) electrons. The third-order valence-electron chi connectivity index (χ3n) is 6.87. The summed E-state index contributed by atoms with van der Waals surface area (Å²) in [4.78, 5) is 11.8. The predicted octanol–water partition coefficient (Wildman–Crippen LogP) is 4.29. The van der Waals surface area contributed by atoms with E-state index in [4.69, 9.17) is 4.98 Å². The van der Waals surface area contributed by atoms with Crippen molar-refractivity contribution in [1.82, 2.24) is 14.3 Å². The van der Waals surface area contributed by atoms with Gasteiger partial charge in [0.1, 0.15) is 5.82 Å². The SMILES string of the molecule is Cc1cc(Nc2ccccc2)nc(N2CCN(S(=O)(=O)c3ccc4cccc5c4c3CC5)CC2)n1. The fourth-order valence-electron chi connectivity index (χ4n) is 5.17. The number of nitrogens with zero attached hydrogens (tertiary/aromatic N) is 4. The fraction of sp³-hybridized carbons (Fsp3) is 0.259. The summed E-state index contributed by atoms with van der Waals surface area (Å²) in [5, 5.41) is 5.57. The number of rotatable bonds is 5. The number of piperazine rings is 1. The number of aryl methyl sites for hydroxylation is 3. The minimum absolute atomic E-state index is 0.403. The normalized spacial score (nSPS) is 16.1. The lowest BCUT2D eigenvalue weighted by atomic mass is 10.1. The summed E-state index contributed by atoms with van der Waals surface area (Å²) in [5.74, 6) is 1.35. The van der Waals surface area contributed by atoms with Crippen molar-refractivity contribution in [2.24, 2.45) is 0 Å². The number of para-hydroxylation sites is 1. The Labute approximate surface area is 205 Å². The molecule has 35 heavy (non-hydrogen) atoms. The van der Waals surface area contributed by atoms with Gasteiger partial charge in [0.2, 0.25) is 16.0 Å². The van der Waals surface area contributed by atoms with E-state index in [2.05, 4.69) is 27.3 Å². The first-order chi connectivity index (χ1) is 17.0. The summed E-state index contributed by atoms with van der Waals surface area (Å²) in [6.45, 7) is 3.84. The molecule has 0 bridgehead atoms. The molecule has 1 aromatic heterocycles. The van der Waals surface area contributed by atoms with Gasteiger partial charge in [-0.1, -0.05) is 42.5 Å². The first-order valence-corrected chi connectivity index (χ1v) is 13.4. The van der Waals surface area contributed by atoms with Crippen LogP contribution in [0.1, 0.15) is 16.8 Å². The number of sulfonamides is 1. The summed E-state index contributed by atoms with van der Waals surface area (Å²) < 4.78 is 28.9. The van der Waals surface area contributed by atoms with Crippen molar-refractivity contribution in [2.75, 3.05) is 36.4 Å². The van der Waals surface area contributed by atoms with Gasteiger partial charge >= 0.3 is 0 Å². The highest BCUT2D eigenvalue weighted by Gasteiger charge is 2.33. The van der Waals surface area contributed by atoms with E-state index in [1.165, 1.54) is 5.56 Å². The van der Waals surface area contributed by atoms with Gasteiger partial charge in [0, 0.05) is 43.6 Å². The van der Waals surface area contributed by atoms with E-state index in [-0.39, 0.29) is 0 Å². The Bertz CT molecular complexity index is 1510. The molecule has 7 nitrogen and oxygen atoms in total. The molecule has 8 heteroatoms. The minimum atomic E-state index is -3.57. The molecule has 0 saturated carbocycles. The van der Waals surface area contributed by atoms with Gasteiger partial charge in [-0.15, -0.1) is 0 Å². The number of hydrogen-bond acceptors (Lipinski definition) is 6. The van der Waals surface area contributed by atoms with E-state index in [0.29, 0.717) is 37.0 Å². The molecule has 0 unspecified atom stereocenters. The molecule has 1 aliphatic carbocycles. The van der Waals surface area contributed by atoms with Crippen molar-refractivity contribution < 1.29 is 8.42 Å². The Morgan fingerprint density at radius 1 is 0.857 bits per heavy atom. The van der Waals surface area contributed by atoms with E-state index in [9.17, 15) is 8.42 Å². The Kier molecular flexibility index (Phi) is 5.42. The maximum absolute atomic E-state index is 13.7. The average Bonchev–Trinajstić information content (AvgIpc) is 3.30. The van der Waals surface area contributed by atoms with Gasteiger partial charge in [-0.05, 0) is 59.9 Å². The molecular formula is C27H27N5O2S. The molecule has 0 atom stereocenters. The van der Waals surface area contributed by atoms with Crippen molar-refractivity contribution in [2.45, 2.75) is 24.7 Å². The standard InChI is InChI=1S/C27H27N5O2S/c1-19-18-25(29-22-8-3-2-4-9-22)30-27(28-19)31-14-16-32(17-15-31)35(33,34)24-13-11-21-7-5-6-20-10-12-23(24)26(20)21/h2-9,11,13,18H,10,12,14-17H2,1H3,(H,28,29,30). The van der Waals surface area contributed by atoms with Crippen molar-refractivity contribution in [3.8, 4) is 0 Å². The summed E-state index contributed by atoms with van der Waals surface area (Å²) in [6.07, 6.45) is 1.68. The van der Waals surface area contributed by atoms with Crippen LogP contribution >= 0.6 is 0 Å². The first kappa shape index (κ1) is 22.0. The fourth-order valence-corrected chi connectivity index (χ4v) is 6.85. The van der Waals surface area contributed by atoms with Crippen LogP contribution in [-0.4, -0.2) is 48.9 Å². The van der Waals surface area contributed by atoms with Gasteiger partial charge in [-0.25, -0.2) is 13.4 Å². The minimum Gasteiger partial charge on any atom is -0.340 e. The molecule has 6 rings (SSSR count). The maximum atomic E-state index is 13.7. The van der Waals surface area contributed by atoms with E-state index in [1.54, 1.807) is 10.4 Å². The maximum Gasteiger partial charge on any atom is 0.243 e. The summed E-state index contributed by atoms with van der Waals surface area (Å²) in [5.41, 5.74) is 4.03. The van der Waals surface area contributed by atoms with E-state index < -0.39 is 10.0 Å². The van der Waals surface area contributed by atoms with Crippen LogP contribution in [0.2, 0.25) is 0 Å². The molecule has 178 valence electrons. The van der Waals surface area contributed by atoms with Gasteiger partial charge < -0.3 is 10.2 Å². The third kappa shape index (κ3) is 4.02. The highest BCUT2D eigenvalue weighted by atomic mass is 32.2. The van der Waals surface area contributed by atoms with E-state index >= 15 is 0 Å². The van der Waals surface area contributed by atoms with Crippen LogP contribution in [0, 0.1) is 6.92 Å². The van der Waals surface area contributed by atoms with E-state index in [0.717, 1.165) is 46.4 Å². The molecular weight excluding hydrogens is 458 g/mol. The third-order valence-corrected chi connectivity index (χ3v) is 8.85. The second kappa shape index (κ2) is 8.62. The van der Waals surface area contributed by atoms with Crippen LogP contribution in [0.25, 0.3) is 10.8 Å².